The van der Waals surface area contributed by atoms with Crippen molar-refractivity contribution < 1.29 is 19.2 Å². The van der Waals surface area contributed by atoms with Gasteiger partial charge in [0.1, 0.15) is 6.61 Å². The molecular weight excluding hydrogens is 284 g/mol. The first-order valence-electron chi connectivity index (χ1n) is 7.07. The maximum atomic E-state index is 12.0. The molecule has 1 amide bonds. The highest BCUT2D eigenvalue weighted by atomic mass is 16.5. The minimum Gasteiger partial charge on any atom is -0.391 e. The number of aromatic nitrogens is 1. The number of ether oxygens (including phenoxy) is 1. The van der Waals surface area contributed by atoms with Crippen molar-refractivity contribution in [2.75, 3.05) is 7.11 Å². The summed E-state index contributed by atoms with van der Waals surface area (Å²) in [6.07, 6.45) is -0.215. The van der Waals surface area contributed by atoms with Crippen LogP contribution < -0.4 is 5.32 Å². The average Bonchev–Trinajstić information content (AvgIpc) is 2.97. The van der Waals surface area contributed by atoms with Gasteiger partial charge >= 0.3 is 0 Å². The molecule has 1 heterocycles. The minimum atomic E-state index is -0.684. The second kappa shape index (κ2) is 7.72. The number of methoxy groups -OCH3 is 1. The Bertz CT molecular complexity index is 597. The standard InChI is InChI=1S/C16H20N2O4/c1-11(15(19)8-12-6-4-3-5-7-12)17-16(20)14-9-13(10-21-2)22-18-14/h3-7,9,11,15,19H,8,10H2,1-2H3,(H,17,20). The van der Waals surface area contributed by atoms with Crippen LogP contribution >= 0.6 is 0 Å². The van der Waals surface area contributed by atoms with E-state index in [0.29, 0.717) is 12.2 Å². The highest BCUT2D eigenvalue weighted by Gasteiger charge is 2.20. The average molecular weight is 304 g/mol. The summed E-state index contributed by atoms with van der Waals surface area (Å²) >= 11 is 0. The molecule has 1 aromatic heterocycles. The molecule has 1 aromatic carbocycles. The number of hydrogen-bond donors (Lipinski definition) is 2. The molecule has 118 valence electrons. The van der Waals surface area contributed by atoms with Crippen LogP contribution in [-0.4, -0.2) is 35.4 Å². The first-order valence-corrected chi connectivity index (χ1v) is 7.07. The van der Waals surface area contributed by atoms with Crippen molar-refractivity contribution in [3.05, 3.63) is 53.4 Å². The lowest BCUT2D eigenvalue weighted by molar-refractivity contribution is 0.0842. The van der Waals surface area contributed by atoms with Gasteiger partial charge < -0.3 is 19.7 Å². The van der Waals surface area contributed by atoms with E-state index in [0.717, 1.165) is 5.56 Å². The molecule has 2 aromatic rings. The van der Waals surface area contributed by atoms with Crippen molar-refractivity contribution in [1.29, 1.82) is 0 Å². The van der Waals surface area contributed by atoms with Crippen LogP contribution in [0.2, 0.25) is 0 Å². The molecule has 22 heavy (non-hydrogen) atoms. The topological polar surface area (TPSA) is 84.6 Å². The molecule has 0 saturated carbocycles. The van der Waals surface area contributed by atoms with Gasteiger partial charge in [0.05, 0.1) is 12.1 Å². The van der Waals surface area contributed by atoms with E-state index in [9.17, 15) is 9.90 Å². The van der Waals surface area contributed by atoms with Crippen LogP contribution in [0, 0.1) is 0 Å². The van der Waals surface area contributed by atoms with E-state index in [1.165, 1.54) is 13.2 Å². The van der Waals surface area contributed by atoms with Crippen molar-refractivity contribution in [3.8, 4) is 0 Å². The van der Waals surface area contributed by atoms with E-state index in [1.54, 1.807) is 6.92 Å². The molecule has 2 rings (SSSR count). The molecule has 0 spiro atoms. The van der Waals surface area contributed by atoms with Crippen molar-refractivity contribution in [1.82, 2.24) is 10.5 Å². The van der Waals surface area contributed by atoms with Crippen molar-refractivity contribution in [3.63, 3.8) is 0 Å². The Morgan fingerprint density at radius 3 is 2.82 bits per heavy atom. The van der Waals surface area contributed by atoms with Gasteiger partial charge in [0, 0.05) is 19.6 Å². The van der Waals surface area contributed by atoms with E-state index in [-0.39, 0.29) is 18.2 Å². The van der Waals surface area contributed by atoms with Crippen LogP contribution in [0.15, 0.2) is 40.9 Å². The van der Waals surface area contributed by atoms with E-state index in [2.05, 4.69) is 10.5 Å². The Morgan fingerprint density at radius 1 is 1.41 bits per heavy atom. The highest BCUT2D eigenvalue weighted by Crippen LogP contribution is 2.08. The van der Waals surface area contributed by atoms with Gasteiger partial charge in [-0.3, -0.25) is 4.79 Å². The van der Waals surface area contributed by atoms with E-state index < -0.39 is 12.1 Å². The third-order valence-electron chi connectivity index (χ3n) is 3.30. The van der Waals surface area contributed by atoms with Crippen LogP contribution in [-0.2, 0) is 17.8 Å². The van der Waals surface area contributed by atoms with Gasteiger partial charge in [-0.05, 0) is 12.5 Å². The van der Waals surface area contributed by atoms with E-state index in [1.807, 2.05) is 30.3 Å². The van der Waals surface area contributed by atoms with Gasteiger partial charge in [0.25, 0.3) is 5.91 Å². The fourth-order valence-electron chi connectivity index (χ4n) is 2.04. The molecule has 2 atom stereocenters. The van der Waals surface area contributed by atoms with Crippen molar-refractivity contribution in [2.45, 2.75) is 32.1 Å². The fourth-order valence-corrected chi connectivity index (χ4v) is 2.04. The fraction of sp³-hybridized carbons (Fsp3) is 0.375. The summed E-state index contributed by atoms with van der Waals surface area (Å²) in [5, 5.41) is 16.6. The van der Waals surface area contributed by atoms with E-state index >= 15 is 0 Å². The minimum absolute atomic E-state index is 0.172. The zero-order valence-corrected chi connectivity index (χ0v) is 12.7. The Balaban J connectivity index is 1.89. The number of rotatable bonds is 7. The molecule has 6 heteroatoms. The Morgan fingerprint density at radius 2 is 2.14 bits per heavy atom. The monoisotopic (exact) mass is 304 g/mol. The number of benzene rings is 1. The second-order valence-corrected chi connectivity index (χ2v) is 5.13. The van der Waals surface area contributed by atoms with Crippen LogP contribution in [0.25, 0.3) is 0 Å². The van der Waals surface area contributed by atoms with Crippen LogP contribution in [0.4, 0.5) is 0 Å². The molecule has 0 bridgehead atoms. The van der Waals surface area contributed by atoms with Gasteiger partial charge in [-0.1, -0.05) is 35.5 Å². The molecule has 0 aliphatic heterocycles. The molecule has 0 fully saturated rings. The Kier molecular flexibility index (Phi) is 5.68. The SMILES string of the molecule is COCc1cc(C(=O)NC(C)C(O)Cc2ccccc2)no1. The van der Waals surface area contributed by atoms with Gasteiger partial charge in [-0.2, -0.15) is 0 Å². The molecule has 0 aliphatic rings. The quantitative estimate of drug-likeness (QED) is 0.810. The predicted molar refractivity (Wildman–Crippen MR) is 80.3 cm³/mol. The zero-order valence-electron chi connectivity index (χ0n) is 12.7. The maximum absolute atomic E-state index is 12.0. The predicted octanol–water partition coefficient (Wildman–Crippen LogP) is 1.54. The lowest BCUT2D eigenvalue weighted by atomic mass is 10.0. The van der Waals surface area contributed by atoms with Gasteiger partial charge in [-0.15, -0.1) is 0 Å². The maximum Gasteiger partial charge on any atom is 0.273 e. The number of hydrogen-bond acceptors (Lipinski definition) is 5. The number of nitrogens with zero attached hydrogens (tertiary/aromatic N) is 1. The first-order chi connectivity index (χ1) is 10.6. The summed E-state index contributed by atoms with van der Waals surface area (Å²) < 4.78 is 9.87. The third-order valence-corrected chi connectivity index (χ3v) is 3.30. The number of aliphatic hydroxyl groups excluding tert-OH is 1. The van der Waals surface area contributed by atoms with Gasteiger partial charge in [0.2, 0.25) is 0 Å². The summed E-state index contributed by atoms with van der Waals surface area (Å²) in [6, 6.07) is 10.7. The summed E-state index contributed by atoms with van der Waals surface area (Å²) in [7, 11) is 1.53. The third kappa shape index (κ3) is 4.41. The molecule has 0 saturated heterocycles. The van der Waals surface area contributed by atoms with Crippen LogP contribution in [0.1, 0.15) is 28.7 Å². The van der Waals surface area contributed by atoms with Crippen molar-refractivity contribution in [2.24, 2.45) is 0 Å². The van der Waals surface area contributed by atoms with Gasteiger partial charge in [-0.25, -0.2) is 0 Å². The summed E-state index contributed by atoms with van der Waals surface area (Å²) in [4.78, 5) is 12.0. The number of aliphatic hydroxyl groups is 1. The smallest absolute Gasteiger partial charge is 0.273 e. The van der Waals surface area contributed by atoms with Crippen molar-refractivity contribution >= 4 is 5.91 Å². The second-order valence-electron chi connectivity index (χ2n) is 5.13. The summed E-state index contributed by atoms with van der Waals surface area (Å²) in [5.41, 5.74) is 1.19. The van der Waals surface area contributed by atoms with Gasteiger partial charge in [0.15, 0.2) is 11.5 Å². The number of carbonyl (C=O) groups is 1. The molecule has 2 unspecified atom stereocenters. The molecule has 0 aliphatic carbocycles. The van der Waals surface area contributed by atoms with E-state index in [4.69, 9.17) is 9.26 Å². The zero-order chi connectivity index (χ0) is 15.9. The Hall–Kier alpha value is -2.18. The summed E-state index contributed by atoms with van der Waals surface area (Å²) in [5.74, 6) is 0.0934. The van der Waals surface area contributed by atoms with Crippen LogP contribution in [0.3, 0.4) is 0 Å². The lowest BCUT2D eigenvalue weighted by Gasteiger charge is -2.19. The molecular formula is C16H20N2O4. The lowest BCUT2D eigenvalue weighted by Crippen LogP contribution is -2.42. The summed E-state index contributed by atoms with van der Waals surface area (Å²) in [6.45, 7) is 2.01. The molecule has 6 nitrogen and oxygen atoms in total. The largest absolute Gasteiger partial charge is 0.391 e. The van der Waals surface area contributed by atoms with Crippen LogP contribution in [0.5, 0.6) is 0 Å². The number of nitrogens with one attached hydrogen (secondary N) is 1. The number of amides is 1. The Labute approximate surface area is 129 Å². The first kappa shape index (κ1) is 16.2. The molecule has 0 radical (unpaired) electrons. The normalized spacial score (nSPS) is 13.6. The molecule has 2 N–H and O–H groups in total. The number of carbonyl (C=O) groups excluding carboxylic acids is 1. The highest BCUT2D eigenvalue weighted by molar-refractivity contribution is 5.92.